The molecule has 1 heterocycles. The zero-order valence-electron chi connectivity index (χ0n) is 14.0. The summed E-state index contributed by atoms with van der Waals surface area (Å²) in [6.07, 6.45) is 2.86. The molecule has 1 unspecified atom stereocenters. The molecule has 1 atom stereocenters. The lowest BCUT2D eigenvalue weighted by Gasteiger charge is -2.23. The number of carbonyl (C=O) groups is 1. The van der Waals surface area contributed by atoms with E-state index < -0.39 is 5.60 Å². The van der Waals surface area contributed by atoms with Crippen molar-refractivity contribution in [3.05, 3.63) is 0 Å². The van der Waals surface area contributed by atoms with Crippen LogP contribution in [0, 0.1) is 0 Å². The van der Waals surface area contributed by atoms with E-state index in [9.17, 15) is 4.79 Å². The van der Waals surface area contributed by atoms with E-state index in [1.807, 2.05) is 20.8 Å². The second-order valence-corrected chi connectivity index (χ2v) is 6.41. The molecular weight excluding hydrogens is 268 g/mol. The van der Waals surface area contributed by atoms with Crippen LogP contribution in [0.5, 0.6) is 0 Å². The molecule has 1 fully saturated rings. The number of rotatable bonds is 4. The van der Waals surface area contributed by atoms with Crippen molar-refractivity contribution in [2.45, 2.75) is 58.6 Å². The average Bonchev–Trinajstić information content (AvgIpc) is 2.80. The molecule has 0 saturated carbocycles. The Bertz CT molecular complexity index is 363. The topological polar surface area (TPSA) is 66.0 Å². The highest BCUT2D eigenvalue weighted by molar-refractivity contribution is 5.80. The van der Waals surface area contributed by atoms with Gasteiger partial charge in [-0.05, 0) is 33.6 Å². The van der Waals surface area contributed by atoms with E-state index in [2.05, 4.69) is 27.4 Å². The van der Waals surface area contributed by atoms with Gasteiger partial charge >= 0.3 is 6.09 Å². The van der Waals surface area contributed by atoms with Crippen LogP contribution in [0.1, 0.15) is 47.0 Å². The summed E-state index contributed by atoms with van der Waals surface area (Å²) in [5.41, 5.74) is -0.458. The third kappa shape index (κ3) is 6.69. The highest BCUT2D eigenvalue weighted by Gasteiger charge is 2.27. The number of hydrogen-bond donors (Lipinski definition) is 2. The molecule has 0 aromatic rings. The van der Waals surface area contributed by atoms with Crippen molar-refractivity contribution < 1.29 is 9.53 Å². The summed E-state index contributed by atoms with van der Waals surface area (Å²) >= 11 is 0. The molecule has 0 aromatic carbocycles. The van der Waals surface area contributed by atoms with Gasteiger partial charge in [0.05, 0.1) is 6.04 Å². The van der Waals surface area contributed by atoms with Crippen LogP contribution < -0.4 is 10.6 Å². The Balaban J connectivity index is 2.39. The first kappa shape index (κ1) is 17.6. The summed E-state index contributed by atoms with van der Waals surface area (Å²) in [5, 5.41) is 6.28. The Labute approximate surface area is 128 Å². The van der Waals surface area contributed by atoms with E-state index >= 15 is 0 Å². The van der Waals surface area contributed by atoms with Crippen LogP contribution >= 0.6 is 0 Å². The number of carbonyl (C=O) groups excluding carboxylic acids is 1. The predicted molar refractivity (Wildman–Crippen MR) is 85.6 cm³/mol. The van der Waals surface area contributed by atoms with Crippen molar-refractivity contribution in [3.8, 4) is 0 Å². The molecule has 0 aromatic heterocycles. The lowest BCUT2D eigenvalue weighted by atomic mass is 10.2. The summed E-state index contributed by atoms with van der Waals surface area (Å²) in [4.78, 5) is 18.3. The van der Waals surface area contributed by atoms with Crippen molar-refractivity contribution in [2.75, 3.05) is 26.7 Å². The molecule has 1 rings (SSSR count). The number of amides is 1. The van der Waals surface area contributed by atoms with E-state index in [1.54, 1.807) is 7.05 Å². The Morgan fingerprint density at radius 1 is 1.43 bits per heavy atom. The Morgan fingerprint density at radius 2 is 2.14 bits per heavy atom. The summed E-state index contributed by atoms with van der Waals surface area (Å²) in [6, 6.07) is 0.115. The molecule has 6 nitrogen and oxygen atoms in total. The van der Waals surface area contributed by atoms with Crippen molar-refractivity contribution in [2.24, 2.45) is 4.99 Å². The molecule has 1 aliphatic heterocycles. The number of aliphatic imine (C=N–C) groups is 1. The Kier molecular flexibility index (Phi) is 6.78. The number of alkyl carbamates (subject to hydrolysis) is 1. The normalized spacial score (nSPS) is 19.6. The summed E-state index contributed by atoms with van der Waals surface area (Å²) in [5.74, 6) is 0.914. The van der Waals surface area contributed by atoms with Gasteiger partial charge in [-0.15, -0.1) is 0 Å². The van der Waals surface area contributed by atoms with Gasteiger partial charge in [-0.3, -0.25) is 4.99 Å². The van der Waals surface area contributed by atoms with Gasteiger partial charge in [-0.25, -0.2) is 4.79 Å². The van der Waals surface area contributed by atoms with E-state index in [4.69, 9.17) is 4.74 Å². The van der Waals surface area contributed by atoms with Gasteiger partial charge in [0, 0.05) is 26.7 Å². The molecule has 1 amide bonds. The lowest BCUT2D eigenvalue weighted by Crippen LogP contribution is -2.44. The summed E-state index contributed by atoms with van der Waals surface area (Å²) < 4.78 is 5.29. The molecule has 0 aliphatic carbocycles. The maximum Gasteiger partial charge on any atom is 0.407 e. The largest absolute Gasteiger partial charge is 0.444 e. The smallest absolute Gasteiger partial charge is 0.407 e. The number of unbranched alkanes of at least 4 members (excludes halogenated alkanes) is 1. The van der Waals surface area contributed by atoms with Crippen LogP contribution in [0.15, 0.2) is 4.99 Å². The molecule has 6 heteroatoms. The number of nitrogens with one attached hydrogen (secondary N) is 2. The molecular formula is C15H30N4O2. The fourth-order valence-corrected chi connectivity index (χ4v) is 2.25. The number of guanidine groups is 1. The molecule has 0 spiro atoms. The number of ether oxygens (including phenoxy) is 1. The summed E-state index contributed by atoms with van der Waals surface area (Å²) in [6.45, 7) is 10.4. The van der Waals surface area contributed by atoms with Crippen molar-refractivity contribution in [1.29, 1.82) is 0 Å². The minimum absolute atomic E-state index is 0.115. The minimum atomic E-state index is -0.458. The quantitative estimate of drug-likeness (QED) is 0.473. The molecule has 0 bridgehead atoms. The molecule has 122 valence electrons. The second kappa shape index (κ2) is 8.10. The standard InChI is InChI=1S/C15H30N4O2/c1-6-7-9-17-13(16-5)19-10-8-12(11-19)18-14(20)21-15(2,3)4/h12H,6-11H2,1-5H3,(H,16,17)(H,18,20). The lowest BCUT2D eigenvalue weighted by molar-refractivity contribution is 0.0507. The first-order chi connectivity index (χ1) is 9.85. The van der Waals surface area contributed by atoms with E-state index in [0.717, 1.165) is 44.9 Å². The van der Waals surface area contributed by atoms with Gasteiger partial charge in [-0.2, -0.15) is 0 Å². The maximum absolute atomic E-state index is 11.8. The van der Waals surface area contributed by atoms with Gasteiger partial charge in [0.15, 0.2) is 5.96 Å². The zero-order chi connectivity index (χ0) is 15.9. The zero-order valence-corrected chi connectivity index (χ0v) is 14.0. The second-order valence-electron chi connectivity index (χ2n) is 6.41. The van der Waals surface area contributed by atoms with E-state index in [-0.39, 0.29) is 12.1 Å². The molecule has 21 heavy (non-hydrogen) atoms. The Hall–Kier alpha value is -1.46. The minimum Gasteiger partial charge on any atom is -0.444 e. The molecule has 0 radical (unpaired) electrons. The van der Waals surface area contributed by atoms with Crippen molar-refractivity contribution in [3.63, 3.8) is 0 Å². The number of hydrogen-bond acceptors (Lipinski definition) is 3. The van der Waals surface area contributed by atoms with Crippen molar-refractivity contribution >= 4 is 12.1 Å². The van der Waals surface area contributed by atoms with Gasteiger partial charge in [-0.1, -0.05) is 13.3 Å². The third-order valence-corrected chi connectivity index (χ3v) is 3.23. The first-order valence-electron chi connectivity index (χ1n) is 7.81. The molecule has 2 N–H and O–H groups in total. The SMILES string of the molecule is CCCCNC(=NC)N1CCC(NC(=O)OC(C)(C)C)C1. The van der Waals surface area contributed by atoms with Crippen LogP contribution in [0.25, 0.3) is 0 Å². The molecule has 1 saturated heterocycles. The van der Waals surface area contributed by atoms with Gasteiger partial charge in [0.1, 0.15) is 5.60 Å². The fraction of sp³-hybridized carbons (Fsp3) is 0.867. The third-order valence-electron chi connectivity index (χ3n) is 3.23. The highest BCUT2D eigenvalue weighted by Crippen LogP contribution is 2.11. The molecule has 1 aliphatic rings. The monoisotopic (exact) mass is 298 g/mol. The average molecular weight is 298 g/mol. The predicted octanol–water partition coefficient (Wildman–Crippen LogP) is 1.96. The van der Waals surface area contributed by atoms with Crippen LogP contribution in [-0.4, -0.2) is 55.3 Å². The van der Waals surface area contributed by atoms with E-state index in [1.165, 1.54) is 0 Å². The number of nitrogens with zero attached hydrogens (tertiary/aromatic N) is 2. The van der Waals surface area contributed by atoms with Crippen LogP contribution in [-0.2, 0) is 4.74 Å². The summed E-state index contributed by atoms with van der Waals surface area (Å²) in [7, 11) is 1.79. The highest BCUT2D eigenvalue weighted by atomic mass is 16.6. The van der Waals surface area contributed by atoms with Gasteiger partial charge < -0.3 is 20.3 Å². The Morgan fingerprint density at radius 3 is 2.71 bits per heavy atom. The fourth-order valence-electron chi connectivity index (χ4n) is 2.25. The maximum atomic E-state index is 11.8. The van der Waals surface area contributed by atoms with Gasteiger partial charge in [0.25, 0.3) is 0 Å². The first-order valence-corrected chi connectivity index (χ1v) is 7.81. The van der Waals surface area contributed by atoms with Gasteiger partial charge in [0.2, 0.25) is 0 Å². The van der Waals surface area contributed by atoms with Crippen LogP contribution in [0.4, 0.5) is 4.79 Å². The van der Waals surface area contributed by atoms with Crippen LogP contribution in [0.3, 0.4) is 0 Å². The van der Waals surface area contributed by atoms with E-state index in [0.29, 0.717) is 0 Å². The number of likely N-dealkylation sites (tertiary alicyclic amines) is 1. The van der Waals surface area contributed by atoms with Crippen molar-refractivity contribution in [1.82, 2.24) is 15.5 Å². The van der Waals surface area contributed by atoms with Crippen LogP contribution in [0.2, 0.25) is 0 Å².